The Bertz CT molecular complexity index is 863. The summed E-state index contributed by atoms with van der Waals surface area (Å²) in [7, 11) is 1.60. The van der Waals surface area contributed by atoms with Crippen molar-refractivity contribution in [3.05, 3.63) is 45.9 Å². The zero-order chi connectivity index (χ0) is 22.2. The van der Waals surface area contributed by atoms with Crippen LogP contribution in [0.2, 0.25) is 0 Å². The van der Waals surface area contributed by atoms with E-state index in [1.54, 1.807) is 22.3 Å². The van der Waals surface area contributed by atoms with Gasteiger partial charge in [-0.25, -0.2) is 9.78 Å². The number of hydrogen-bond acceptors (Lipinski definition) is 6. The van der Waals surface area contributed by atoms with E-state index < -0.39 is 0 Å². The molecule has 1 fully saturated rings. The molecule has 3 amide bonds. The Hall–Kier alpha value is -2.49. The molecule has 168 valence electrons. The van der Waals surface area contributed by atoms with E-state index in [4.69, 9.17) is 9.47 Å². The lowest BCUT2D eigenvalue weighted by molar-refractivity contribution is 0.0299. The summed E-state index contributed by atoms with van der Waals surface area (Å²) in [6, 6.07) is 7.62. The lowest BCUT2D eigenvalue weighted by atomic mass is 10.0. The van der Waals surface area contributed by atoms with Crippen LogP contribution in [0.1, 0.15) is 40.8 Å². The SMILES string of the molecule is COCCN(Cc1nc(C(=O)N2CCOCC2)cs1)C(=O)Nc1ccc(C(C)C)cc1. The predicted octanol–water partition coefficient (Wildman–Crippen LogP) is 3.42. The van der Waals surface area contributed by atoms with Gasteiger partial charge in [0.25, 0.3) is 5.91 Å². The Labute approximate surface area is 187 Å². The first-order valence-electron chi connectivity index (χ1n) is 10.4. The van der Waals surface area contributed by atoms with Crippen molar-refractivity contribution in [3.63, 3.8) is 0 Å². The fourth-order valence-electron chi connectivity index (χ4n) is 3.18. The van der Waals surface area contributed by atoms with E-state index in [1.807, 2.05) is 24.3 Å². The number of aromatic nitrogens is 1. The monoisotopic (exact) mass is 446 g/mol. The Morgan fingerprint density at radius 2 is 1.97 bits per heavy atom. The molecule has 2 heterocycles. The number of thiazole rings is 1. The first-order chi connectivity index (χ1) is 15.0. The van der Waals surface area contributed by atoms with Gasteiger partial charge in [0.05, 0.1) is 26.4 Å². The van der Waals surface area contributed by atoms with Crippen LogP contribution in [0.15, 0.2) is 29.6 Å². The van der Waals surface area contributed by atoms with Crippen molar-refractivity contribution in [1.82, 2.24) is 14.8 Å². The number of benzene rings is 1. The maximum Gasteiger partial charge on any atom is 0.322 e. The minimum atomic E-state index is -0.231. The molecule has 9 heteroatoms. The van der Waals surface area contributed by atoms with Gasteiger partial charge in [0, 0.05) is 37.8 Å². The maximum atomic E-state index is 12.9. The van der Waals surface area contributed by atoms with Crippen LogP contribution in [-0.4, -0.2) is 73.3 Å². The van der Waals surface area contributed by atoms with Crippen molar-refractivity contribution < 1.29 is 19.1 Å². The standard InChI is InChI=1S/C22H30N4O4S/c1-16(2)17-4-6-18(7-5-17)23-22(28)26(8-11-29-3)14-20-24-19(15-31-20)21(27)25-9-12-30-13-10-25/h4-7,15-16H,8-14H2,1-3H3,(H,23,28). The van der Waals surface area contributed by atoms with Crippen LogP contribution in [0.5, 0.6) is 0 Å². The molecule has 1 saturated heterocycles. The lowest BCUT2D eigenvalue weighted by Gasteiger charge is -2.26. The molecule has 0 radical (unpaired) electrons. The van der Waals surface area contributed by atoms with E-state index in [-0.39, 0.29) is 11.9 Å². The van der Waals surface area contributed by atoms with Gasteiger partial charge in [-0.05, 0) is 23.6 Å². The van der Waals surface area contributed by atoms with Gasteiger partial charge < -0.3 is 24.6 Å². The van der Waals surface area contributed by atoms with Crippen LogP contribution in [0.4, 0.5) is 10.5 Å². The third kappa shape index (κ3) is 6.49. The van der Waals surface area contributed by atoms with Gasteiger partial charge >= 0.3 is 6.03 Å². The number of rotatable bonds is 8. The predicted molar refractivity (Wildman–Crippen MR) is 121 cm³/mol. The molecule has 1 aliphatic heterocycles. The van der Waals surface area contributed by atoms with Crippen molar-refractivity contribution in [1.29, 1.82) is 0 Å². The number of ether oxygens (including phenoxy) is 2. The van der Waals surface area contributed by atoms with Gasteiger partial charge in [0.2, 0.25) is 0 Å². The smallest absolute Gasteiger partial charge is 0.322 e. The number of carbonyl (C=O) groups is 2. The second-order valence-corrected chi connectivity index (χ2v) is 8.59. The molecule has 3 rings (SSSR count). The van der Waals surface area contributed by atoms with E-state index in [2.05, 4.69) is 24.1 Å². The van der Waals surface area contributed by atoms with E-state index >= 15 is 0 Å². The number of hydrogen-bond donors (Lipinski definition) is 1. The number of methoxy groups -OCH3 is 1. The van der Waals surface area contributed by atoms with Gasteiger partial charge in [0.15, 0.2) is 0 Å². The summed E-state index contributed by atoms with van der Waals surface area (Å²) in [6.07, 6.45) is 0. The molecule has 0 saturated carbocycles. The number of anilines is 1. The Balaban J connectivity index is 1.64. The van der Waals surface area contributed by atoms with Gasteiger partial charge in [-0.15, -0.1) is 11.3 Å². The zero-order valence-electron chi connectivity index (χ0n) is 18.3. The van der Waals surface area contributed by atoms with Gasteiger partial charge in [-0.2, -0.15) is 0 Å². The minimum Gasteiger partial charge on any atom is -0.383 e. The molecule has 1 aliphatic rings. The third-order valence-corrected chi connectivity index (χ3v) is 5.91. The van der Waals surface area contributed by atoms with Crippen LogP contribution in [0, 0.1) is 0 Å². The average molecular weight is 447 g/mol. The number of morpholine rings is 1. The van der Waals surface area contributed by atoms with E-state index in [1.165, 1.54) is 16.9 Å². The summed E-state index contributed by atoms with van der Waals surface area (Å²) in [5, 5.41) is 5.40. The van der Waals surface area contributed by atoms with Crippen LogP contribution in [0.25, 0.3) is 0 Å². The normalized spacial score (nSPS) is 14.0. The Morgan fingerprint density at radius 1 is 1.26 bits per heavy atom. The molecule has 0 aliphatic carbocycles. The quantitative estimate of drug-likeness (QED) is 0.672. The van der Waals surface area contributed by atoms with Crippen molar-refractivity contribution in [2.24, 2.45) is 0 Å². The lowest BCUT2D eigenvalue weighted by Crippen LogP contribution is -2.40. The number of carbonyl (C=O) groups excluding carboxylic acids is 2. The molecule has 0 bridgehead atoms. The second kappa shape index (κ2) is 11.2. The first kappa shape index (κ1) is 23.2. The number of nitrogens with zero attached hydrogens (tertiary/aromatic N) is 3. The average Bonchev–Trinajstić information content (AvgIpc) is 3.25. The molecule has 1 aromatic carbocycles. The maximum absolute atomic E-state index is 12.9. The van der Waals surface area contributed by atoms with Crippen LogP contribution < -0.4 is 5.32 Å². The van der Waals surface area contributed by atoms with Gasteiger partial charge in [0.1, 0.15) is 10.7 Å². The van der Waals surface area contributed by atoms with Gasteiger partial charge in [-0.1, -0.05) is 26.0 Å². The molecule has 2 aromatic rings. The van der Waals surface area contributed by atoms with Crippen LogP contribution >= 0.6 is 11.3 Å². The molecule has 8 nitrogen and oxygen atoms in total. The highest BCUT2D eigenvalue weighted by molar-refractivity contribution is 7.09. The highest BCUT2D eigenvalue weighted by Gasteiger charge is 2.22. The highest BCUT2D eigenvalue weighted by Crippen LogP contribution is 2.19. The van der Waals surface area contributed by atoms with Crippen molar-refractivity contribution >= 4 is 29.0 Å². The number of nitrogens with one attached hydrogen (secondary N) is 1. The highest BCUT2D eigenvalue weighted by atomic mass is 32.1. The van der Waals surface area contributed by atoms with Crippen molar-refractivity contribution in [2.45, 2.75) is 26.3 Å². The first-order valence-corrected chi connectivity index (χ1v) is 11.3. The van der Waals surface area contributed by atoms with E-state index in [0.29, 0.717) is 62.6 Å². The summed E-state index contributed by atoms with van der Waals surface area (Å²) in [5.41, 5.74) is 2.37. The number of amides is 3. The zero-order valence-corrected chi connectivity index (χ0v) is 19.1. The summed E-state index contributed by atoms with van der Waals surface area (Å²) >= 11 is 1.38. The molecule has 0 spiro atoms. The fraction of sp³-hybridized carbons (Fsp3) is 0.500. The minimum absolute atomic E-state index is 0.0936. The molecular formula is C22H30N4O4S. The molecule has 0 unspecified atom stereocenters. The van der Waals surface area contributed by atoms with Gasteiger partial charge in [-0.3, -0.25) is 4.79 Å². The summed E-state index contributed by atoms with van der Waals surface area (Å²) in [5.74, 6) is 0.339. The van der Waals surface area contributed by atoms with Crippen molar-refractivity contribution in [2.75, 3.05) is 51.9 Å². The largest absolute Gasteiger partial charge is 0.383 e. The van der Waals surface area contributed by atoms with Crippen LogP contribution in [-0.2, 0) is 16.0 Å². The molecule has 1 N–H and O–H groups in total. The summed E-state index contributed by atoms with van der Waals surface area (Å²) in [6.45, 7) is 7.63. The van der Waals surface area contributed by atoms with E-state index in [9.17, 15) is 9.59 Å². The fourth-order valence-corrected chi connectivity index (χ4v) is 3.96. The molecular weight excluding hydrogens is 416 g/mol. The Kier molecular flexibility index (Phi) is 8.39. The number of urea groups is 1. The molecule has 1 aromatic heterocycles. The molecule has 31 heavy (non-hydrogen) atoms. The third-order valence-electron chi connectivity index (χ3n) is 5.08. The Morgan fingerprint density at radius 3 is 2.61 bits per heavy atom. The van der Waals surface area contributed by atoms with Crippen molar-refractivity contribution in [3.8, 4) is 0 Å². The summed E-state index contributed by atoms with van der Waals surface area (Å²) in [4.78, 5) is 33.4. The molecule has 0 atom stereocenters. The summed E-state index contributed by atoms with van der Waals surface area (Å²) < 4.78 is 10.5. The van der Waals surface area contributed by atoms with E-state index in [0.717, 1.165) is 5.69 Å². The second-order valence-electron chi connectivity index (χ2n) is 7.65. The van der Waals surface area contributed by atoms with Crippen LogP contribution in [0.3, 0.4) is 0 Å². The topological polar surface area (TPSA) is 84.0 Å².